The number of aromatic nitrogens is 3. The number of ether oxygens (including phenoxy) is 1. The van der Waals surface area contributed by atoms with Gasteiger partial charge in [-0.05, 0) is 24.7 Å². The molecule has 1 aliphatic carbocycles. The van der Waals surface area contributed by atoms with Gasteiger partial charge in [0.15, 0.2) is 5.96 Å². The van der Waals surface area contributed by atoms with Gasteiger partial charge in [-0.1, -0.05) is 6.42 Å². The molecule has 0 amide bonds. The van der Waals surface area contributed by atoms with E-state index in [4.69, 9.17) is 4.74 Å². The minimum atomic E-state index is 0.373. The quantitative estimate of drug-likeness (QED) is 0.571. The Morgan fingerprint density at radius 3 is 2.81 bits per heavy atom. The molecule has 2 rings (SSSR count). The summed E-state index contributed by atoms with van der Waals surface area (Å²) in [6.45, 7) is 2.38. The Balaban J connectivity index is 1.78. The molecule has 7 nitrogen and oxygen atoms in total. The molecule has 0 atom stereocenters. The average Bonchev–Trinajstić information content (AvgIpc) is 2.86. The van der Waals surface area contributed by atoms with Gasteiger partial charge in [0.2, 0.25) is 0 Å². The lowest BCUT2D eigenvalue weighted by Crippen LogP contribution is -2.46. The third-order valence-corrected chi connectivity index (χ3v) is 4.32. The third-order valence-electron chi connectivity index (χ3n) is 4.32. The van der Waals surface area contributed by atoms with E-state index in [1.807, 2.05) is 7.05 Å². The van der Waals surface area contributed by atoms with E-state index in [9.17, 15) is 0 Å². The number of hydrogen-bond donors (Lipinski definition) is 2. The zero-order valence-electron chi connectivity index (χ0n) is 13.2. The topological polar surface area (TPSA) is 76.4 Å². The number of guanidine groups is 1. The maximum atomic E-state index is 5.22. The predicted octanol–water partition coefficient (Wildman–Crippen LogP) is 0.687. The van der Waals surface area contributed by atoms with Crippen molar-refractivity contribution < 1.29 is 4.74 Å². The molecule has 1 aliphatic rings. The predicted molar refractivity (Wildman–Crippen MR) is 82.0 cm³/mol. The van der Waals surface area contributed by atoms with Crippen LogP contribution in [0.5, 0.6) is 0 Å². The lowest BCUT2D eigenvalue weighted by molar-refractivity contribution is 0.0732. The fourth-order valence-corrected chi connectivity index (χ4v) is 2.65. The largest absolute Gasteiger partial charge is 0.385 e. The van der Waals surface area contributed by atoms with Crippen molar-refractivity contribution in [3.8, 4) is 0 Å². The van der Waals surface area contributed by atoms with Crippen molar-refractivity contribution in [3.63, 3.8) is 0 Å². The van der Waals surface area contributed by atoms with Gasteiger partial charge >= 0.3 is 0 Å². The Bertz CT molecular complexity index is 466. The van der Waals surface area contributed by atoms with Gasteiger partial charge in [-0.2, -0.15) is 5.10 Å². The first-order valence-electron chi connectivity index (χ1n) is 7.45. The first-order chi connectivity index (χ1) is 10.2. The zero-order chi connectivity index (χ0) is 15.1. The molecule has 0 aromatic carbocycles. The Kier molecular flexibility index (Phi) is 5.55. The lowest BCUT2D eigenvalue weighted by Gasteiger charge is -2.42. The molecular weight excluding hydrogens is 268 g/mol. The number of methoxy groups -OCH3 is 1. The molecule has 118 valence electrons. The highest BCUT2D eigenvalue weighted by molar-refractivity contribution is 5.79. The molecule has 1 aromatic rings. The number of aliphatic imine (C=N–C) groups is 1. The van der Waals surface area contributed by atoms with Crippen LogP contribution in [0.4, 0.5) is 0 Å². The molecule has 0 saturated heterocycles. The van der Waals surface area contributed by atoms with E-state index < -0.39 is 0 Å². The van der Waals surface area contributed by atoms with Crippen LogP contribution in [0.1, 0.15) is 31.5 Å². The minimum absolute atomic E-state index is 0.373. The summed E-state index contributed by atoms with van der Waals surface area (Å²) in [7, 11) is 5.43. The highest BCUT2D eigenvalue weighted by Crippen LogP contribution is 2.43. The van der Waals surface area contributed by atoms with Gasteiger partial charge in [0.1, 0.15) is 12.2 Å². The van der Waals surface area contributed by atoms with Crippen molar-refractivity contribution in [1.29, 1.82) is 0 Å². The molecular formula is C14H26N6O. The van der Waals surface area contributed by atoms with Crippen LogP contribution >= 0.6 is 0 Å². The summed E-state index contributed by atoms with van der Waals surface area (Å²) >= 11 is 0. The number of rotatable bonds is 7. The van der Waals surface area contributed by atoms with Crippen LogP contribution in [0.2, 0.25) is 0 Å². The van der Waals surface area contributed by atoms with Gasteiger partial charge < -0.3 is 15.4 Å². The molecule has 7 heteroatoms. The third kappa shape index (κ3) is 4.17. The molecule has 0 unspecified atom stereocenters. The molecule has 1 fully saturated rings. The molecule has 0 radical (unpaired) electrons. The molecule has 0 bridgehead atoms. The summed E-state index contributed by atoms with van der Waals surface area (Å²) in [4.78, 5) is 8.45. The second kappa shape index (κ2) is 7.40. The fraction of sp³-hybridized carbons (Fsp3) is 0.786. The summed E-state index contributed by atoms with van der Waals surface area (Å²) in [6.07, 6.45) is 6.52. The monoisotopic (exact) mass is 294 g/mol. The van der Waals surface area contributed by atoms with Crippen LogP contribution in [-0.2, 0) is 18.3 Å². The van der Waals surface area contributed by atoms with Crippen LogP contribution in [0.25, 0.3) is 0 Å². The van der Waals surface area contributed by atoms with E-state index in [1.165, 1.54) is 19.3 Å². The number of nitrogens with one attached hydrogen (secondary N) is 2. The number of nitrogens with zero attached hydrogens (tertiary/aromatic N) is 4. The summed E-state index contributed by atoms with van der Waals surface area (Å²) < 4.78 is 6.98. The second-order valence-electron chi connectivity index (χ2n) is 5.68. The normalized spacial score (nSPS) is 17.4. The molecule has 21 heavy (non-hydrogen) atoms. The van der Waals surface area contributed by atoms with E-state index in [0.717, 1.165) is 31.4 Å². The average molecular weight is 294 g/mol. The van der Waals surface area contributed by atoms with Crippen molar-refractivity contribution in [3.05, 3.63) is 12.2 Å². The maximum absolute atomic E-state index is 5.22. The summed E-state index contributed by atoms with van der Waals surface area (Å²) in [5.74, 6) is 1.69. The summed E-state index contributed by atoms with van der Waals surface area (Å²) in [5.41, 5.74) is 0.373. The summed E-state index contributed by atoms with van der Waals surface area (Å²) in [5, 5.41) is 10.8. The van der Waals surface area contributed by atoms with Crippen molar-refractivity contribution in [2.24, 2.45) is 17.5 Å². The van der Waals surface area contributed by atoms with Gasteiger partial charge in [0, 0.05) is 34.4 Å². The summed E-state index contributed by atoms with van der Waals surface area (Å²) in [6, 6.07) is 0. The van der Waals surface area contributed by atoms with E-state index in [0.29, 0.717) is 12.0 Å². The first-order valence-corrected chi connectivity index (χ1v) is 7.45. The van der Waals surface area contributed by atoms with Gasteiger partial charge in [-0.3, -0.25) is 9.67 Å². The molecule has 0 aliphatic heterocycles. The van der Waals surface area contributed by atoms with E-state index >= 15 is 0 Å². The molecule has 1 aromatic heterocycles. The SMILES string of the molecule is CN=C(NCc1ncnn1C)NCC1(CCOC)CCC1. The Hall–Kier alpha value is -1.63. The van der Waals surface area contributed by atoms with Gasteiger partial charge in [-0.15, -0.1) is 0 Å². The Labute approximate surface area is 126 Å². The van der Waals surface area contributed by atoms with Gasteiger partial charge in [-0.25, -0.2) is 4.98 Å². The number of aryl methyl sites for hydroxylation is 1. The number of hydrogen-bond acceptors (Lipinski definition) is 4. The van der Waals surface area contributed by atoms with Crippen molar-refractivity contribution >= 4 is 5.96 Å². The van der Waals surface area contributed by atoms with E-state index in [-0.39, 0.29) is 0 Å². The first kappa shape index (κ1) is 15.8. The highest BCUT2D eigenvalue weighted by Gasteiger charge is 2.36. The fourth-order valence-electron chi connectivity index (χ4n) is 2.65. The van der Waals surface area contributed by atoms with Crippen LogP contribution in [0, 0.1) is 5.41 Å². The minimum Gasteiger partial charge on any atom is -0.385 e. The Morgan fingerprint density at radius 2 is 2.29 bits per heavy atom. The van der Waals surface area contributed by atoms with Crippen LogP contribution in [0.15, 0.2) is 11.3 Å². The highest BCUT2D eigenvalue weighted by atomic mass is 16.5. The van der Waals surface area contributed by atoms with Crippen molar-refractivity contribution in [1.82, 2.24) is 25.4 Å². The Morgan fingerprint density at radius 1 is 1.48 bits per heavy atom. The zero-order valence-corrected chi connectivity index (χ0v) is 13.2. The molecule has 1 saturated carbocycles. The van der Waals surface area contributed by atoms with Crippen LogP contribution in [0.3, 0.4) is 0 Å². The second-order valence-corrected chi connectivity index (χ2v) is 5.68. The van der Waals surface area contributed by atoms with Crippen LogP contribution in [-0.4, -0.2) is 48.0 Å². The van der Waals surface area contributed by atoms with Crippen molar-refractivity contribution in [2.75, 3.05) is 27.3 Å². The van der Waals surface area contributed by atoms with Crippen molar-refractivity contribution in [2.45, 2.75) is 32.2 Å². The molecule has 2 N–H and O–H groups in total. The van der Waals surface area contributed by atoms with E-state index in [1.54, 1.807) is 25.2 Å². The smallest absolute Gasteiger partial charge is 0.191 e. The van der Waals surface area contributed by atoms with E-state index in [2.05, 4.69) is 25.7 Å². The maximum Gasteiger partial charge on any atom is 0.191 e. The van der Waals surface area contributed by atoms with Crippen LogP contribution < -0.4 is 10.6 Å². The van der Waals surface area contributed by atoms with Gasteiger partial charge in [0.05, 0.1) is 6.54 Å². The lowest BCUT2D eigenvalue weighted by atomic mass is 9.67. The standard InChI is InChI=1S/C14H26N6O/c1-15-13(16-9-12-18-11-19-20(12)2)17-10-14(5-4-6-14)7-8-21-3/h11H,4-10H2,1-3H3,(H2,15,16,17). The molecule has 0 spiro atoms. The van der Waals surface area contributed by atoms with Gasteiger partial charge in [0.25, 0.3) is 0 Å². The molecule has 1 heterocycles.